The quantitative estimate of drug-likeness (QED) is 0.389. The smallest absolute Gasteiger partial charge is 0.286 e. The van der Waals surface area contributed by atoms with E-state index in [1.165, 1.54) is 0 Å². The van der Waals surface area contributed by atoms with E-state index in [0.29, 0.717) is 6.42 Å². The van der Waals surface area contributed by atoms with E-state index in [-0.39, 0.29) is 57.1 Å². The normalized spacial score (nSPS) is 10.4. The zero-order valence-electron chi connectivity index (χ0n) is 5.79. The van der Waals surface area contributed by atoms with Gasteiger partial charge >= 0.3 is 51.4 Å². The van der Waals surface area contributed by atoms with Crippen LogP contribution >= 0.6 is 0 Å². The first kappa shape index (κ1) is 13.2. The molecule has 0 unspecified atom stereocenters. The summed E-state index contributed by atoms with van der Waals surface area (Å²) in [6.07, 6.45) is 1.33. The summed E-state index contributed by atoms with van der Waals surface area (Å²) in [6, 6.07) is 0. The number of hydrogen-bond donors (Lipinski definition) is 1. The molecule has 0 aromatic carbocycles. The molecule has 0 aromatic heterocycles. The summed E-state index contributed by atoms with van der Waals surface area (Å²) in [4.78, 5) is 0. The first-order valence-corrected chi connectivity index (χ1v) is 4.12. The molecule has 9 heavy (non-hydrogen) atoms. The molecule has 50 valence electrons. The van der Waals surface area contributed by atoms with Crippen LogP contribution in [0.4, 0.5) is 0 Å². The Hall–Kier alpha value is 1.55. The summed E-state index contributed by atoms with van der Waals surface area (Å²) in [5, 5.41) is 0. The van der Waals surface area contributed by atoms with Crippen LogP contribution in [0.2, 0.25) is 0 Å². The van der Waals surface area contributed by atoms with Gasteiger partial charge in [0.2, 0.25) is 0 Å². The van der Waals surface area contributed by atoms with Crippen molar-refractivity contribution in [2.45, 2.75) is 19.8 Å². The molecule has 0 aliphatic carbocycles. The molecule has 0 aliphatic rings. The van der Waals surface area contributed by atoms with Crippen LogP contribution in [0.5, 0.6) is 0 Å². The minimum Gasteiger partial charge on any atom is -0.286 e. The minimum absolute atomic E-state index is 0. The van der Waals surface area contributed by atoms with Crippen molar-refractivity contribution in [3.05, 3.63) is 0 Å². The maximum atomic E-state index is 9.95. The summed E-state index contributed by atoms with van der Waals surface area (Å²) in [5.74, 6) is -0.108. The number of unbranched alkanes of at least 4 members (excludes halogenated alkanes) is 1. The third-order valence-corrected chi connectivity index (χ3v) is 1.56. The zero-order chi connectivity index (χ0) is 6.62. The fraction of sp³-hybridized carbons (Fsp3) is 1.00. The van der Waals surface area contributed by atoms with Crippen LogP contribution in [0.1, 0.15) is 19.8 Å². The third kappa shape index (κ3) is 12.7. The Kier molecular flexibility index (Phi) is 9.17. The van der Waals surface area contributed by atoms with E-state index < -0.39 is 10.1 Å². The number of hydrogen-bond acceptors (Lipinski definition) is 2. The Morgan fingerprint density at radius 2 is 1.89 bits per heavy atom. The third-order valence-electron chi connectivity index (χ3n) is 0.756. The molecule has 5 heteroatoms. The predicted octanol–water partition coefficient (Wildman–Crippen LogP) is -2.32. The van der Waals surface area contributed by atoms with E-state index >= 15 is 0 Å². The Morgan fingerprint density at radius 1 is 1.44 bits per heavy atom. The SMILES string of the molecule is CCCCS(=O)(=O)O.[K+]. The largest absolute Gasteiger partial charge is 1.00 e. The molecule has 0 atom stereocenters. The average Bonchev–Trinajstić information content (AvgIpc) is 1.59. The fourth-order valence-corrected chi connectivity index (χ4v) is 0.980. The van der Waals surface area contributed by atoms with Crippen molar-refractivity contribution in [1.82, 2.24) is 0 Å². The predicted molar refractivity (Wildman–Crippen MR) is 31.3 cm³/mol. The van der Waals surface area contributed by atoms with E-state index in [1.54, 1.807) is 0 Å². The van der Waals surface area contributed by atoms with Crippen LogP contribution < -0.4 is 51.4 Å². The Bertz CT molecular complexity index is 140. The van der Waals surface area contributed by atoms with Gasteiger partial charge < -0.3 is 0 Å². The van der Waals surface area contributed by atoms with Crippen LogP contribution in [-0.2, 0) is 10.1 Å². The molecule has 0 aliphatic heterocycles. The van der Waals surface area contributed by atoms with Crippen LogP contribution in [0, 0.1) is 0 Å². The summed E-state index contributed by atoms with van der Waals surface area (Å²) in [6.45, 7) is 1.87. The molecule has 0 heterocycles. The zero-order valence-corrected chi connectivity index (χ0v) is 9.73. The van der Waals surface area contributed by atoms with Crippen molar-refractivity contribution in [3.8, 4) is 0 Å². The van der Waals surface area contributed by atoms with Crippen molar-refractivity contribution < 1.29 is 64.4 Å². The molecule has 0 saturated carbocycles. The van der Waals surface area contributed by atoms with Crippen molar-refractivity contribution in [1.29, 1.82) is 0 Å². The Morgan fingerprint density at radius 3 is 2.00 bits per heavy atom. The monoisotopic (exact) mass is 177 g/mol. The van der Waals surface area contributed by atoms with Crippen molar-refractivity contribution in [2.75, 3.05) is 5.75 Å². The van der Waals surface area contributed by atoms with Crippen LogP contribution in [0.15, 0.2) is 0 Å². The van der Waals surface area contributed by atoms with Crippen molar-refractivity contribution in [2.24, 2.45) is 0 Å². The van der Waals surface area contributed by atoms with Gasteiger partial charge in [0, 0.05) is 0 Å². The van der Waals surface area contributed by atoms with Gasteiger partial charge in [0.15, 0.2) is 0 Å². The molecular formula is C4H10KO3S+. The van der Waals surface area contributed by atoms with Gasteiger partial charge in [0.05, 0.1) is 5.75 Å². The van der Waals surface area contributed by atoms with E-state index in [4.69, 9.17) is 4.55 Å². The summed E-state index contributed by atoms with van der Waals surface area (Å²) >= 11 is 0. The van der Waals surface area contributed by atoms with Gasteiger partial charge in [0.25, 0.3) is 10.1 Å². The van der Waals surface area contributed by atoms with E-state index in [9.17, 15) is 8.42 Å². The second kappa shape index (κ2) is 6.27. The molecule has 0 amide bonds. The van der Waals surface area contributed by atoms with Gasteiger partial charge in [-0.05, 0) is 6.42 Å². The maximum absolute atomic E-state index is 9.95. The van der Waals surface area contributed by atoms with E-state index in [0.717, 1.165) is 6.42 Å². The molecule has 0 aromatic rings. The molecule has 0 rings (SSSR count). The molecule has 1 N–H and O–H groups in total. The molecule has 0 radical (unpaired) electrons. The topological polar surface area (TPSA) is 54.4 Å². The first-order chi connectivity index (χ1) is 3.56. The van der Waals surface area contributed by atoms with Gasteiger partial charge in [0.1, 0.15) is 0 Å². The number of rotatable bonds is 3. The summed E-state index contributed by atoms with van der Waals surface area (Å²) in [5.41, 5.74) is 0. The Balaban J connectivity index is 0. The minimum atomic E-state index is -3.69. The van der Waals surface area contributed by atoms with Crippen LogP contribution in [0.3, 0.4) is 0 Å². The molecule has 0 bridgehead atoms. The van der Waals surface area contributed by atoms with Gasteiger partial charge in [-0.15, -0.1) is 0 Å². The molecular weight excluding hydrogens is 167 g/mol. The van der Waals surface area contributed by atoms with Gasteiger partial charge in [-0.3, -0.25) is 4.55 Å². The van der Waals surface area contributed by atoms with Gasteiger partial charge in [-0.1, -0.05) is 13.3 Å². The van der Waals surface area contributed by atoms with Crippen molar-refractivity contribution >= 4 is 10.1 Å². The van der Waals surface area contributed by atoms with Crippen LogP contribution in [0.25, 0.3) is 0 Å². The molecule has 0 saturated heterocycles. The second-order valence-corrected chi connectivity index (χ2v) is 3.21. The van der Waals surface area contributed by atoms with Crippen molar-refractivity contribution in [3.63, 3.8) is 0 Å². The Labute approximate surface area is 98.4 Å². The second-order valence-electron chi connectivity index (χ2n) is 1.64. The van der Waals surface area contributed by atoms with Gasteiger partial charge in [-0.2, -0.15) is 8.42 Å². The molecule has 0 fully saturated rings. The summed E-state index contributed by atoms with van der Waals surface area (Å²) < 4.78 is 28.0. The molecule has 0 spiro atoms. The van der Waals surface area contributed by atoms with E-state index in [1.807, 2.05) is 6.92 Å². The van der Waals surface area contributed by atoms with Crippen LogP contribution in [-0.4, -0.2) is 18.7 Å². The summed E-state index contributed by atoms with van der Waals surface area (Å²) in [7, 11) is -3.69. The first-order valence-electron chi connectivity index (χ1n) is 2.51. The average molecular weight is 177 g/mol. The molecule has 3 nitrogen and oxygen atoms in total. The van der Waals surface area contributed by atoms with E-state index in [2.05, 4.69) is 0 Å². The maximum Gasteiger partial charge on any atom is 1.00 e. The fourth-order valence-electron chi connectivity index (χ4n) is 0.327. The standard InChI is InChI=1S/C4H10O3S.K/c1-2-3-4-8(5,6)7;/h2-4H2,1H3,(H,5,6,7);/q;+1. The van der Waals surface area contributed by atoms with Gasteiger partial charge in [-0.25, -0.2) is 0 Å².